The van der Waals surface area contributed by atoms with Crippen LogP contribution in [-0.2, 0) is 4.79 Å². The number of β-amino-alcohol motifs (C(OH)–C–C–N with tert-alkyl or cyclic N) is 1. The summed E-state index contributed by atoms with van der Waals surface area (Å²) in [7, 11) is 0. The lowest BCUT2D eigenvalue weighted by Crippen LogP contribution is -2.44. The number of benzene rings is 1. The van der Waals surface area contributed by atoms with E-state index in [0.29, 0.717) is 17.0 Å². The van der Waals surface area contributed by atoms with Gasteiger partial charge in [0.15, 0.2) is 0 Å². The third kappa shape index (κ3) is 3.04. The van der Waals surface area contributed by atoms with Crippen molar-refractivity contribution in [1.29, 1.82) is 0 Å². The lowest BCUT2D eigenvalue weighted by Gasteiger charge is -2.22. The van der Waals surface area contributed by atoms with Gasteiger partial charge >= 0.3 is 6.03 Å². The van der Waals surface area contributed by atoms with E-state index in [9.17, 15) is 14.7 Å². The first-order valence-corrected chi connectivity index (χ1v) is 7.33. The first-order chi connectivity index (χ1) is 9.89. The normalized spacial score (nSPS) is 23.3. The van der Waals surface area contributed by atoms with Gasteiger partial charge in [-0.25, -0.2) is 4.79 Å². The van der Waals surface area contributed by atoms with Crippen molar-refractivity contribution in [3.05, 3.63) is 34.9 Å². The van der Waals surface area contributed by atoms with Gasteiger partial charge < -0.3 is 10.4 Å². The molecule has 0 saturated carbocycles. The first kappa shape index (κ1) is 15.8. The van der Waals surface area contributed by atoms with E-state index in [-0.39, 0.29) is 12.5 Å². The number of imide groups is 1. The van der Waals surface area contributed by atoms with Crippen molar-refractivity contribution in [2.24, 2.45) is 0 Å². The number of carbonyl (C=O) groups is 2. The minimum absolute atomic E-state index is 0.103. The number of hydrogen-bond acceptors (Lipinski definition) is 3. The third-order valence-electron chi connectivity index (χ3n) is 3.71. The van der Waals surface area contributed by atoms with Gasteiger partial charge in [0.1, 0.15) is 5.54 Å². The Kier molecular flexibility index (Phi) is 4.54. The molecule has 1 aliphatic heterocycles. The van der Waals surface area contributed by atoms with Crippen molar-refractivity contribution in [3.63, 3.8) is 0 Å². The van der Waals surface area contributed by atoms with Crippen molar-refractivity contribution in [1.82, 2.24) is 10.2 Å². The molecule has 0 unspecified atom stereocenters. The van der Waals surface area contributed by atoms with Crippen LogP contribution in [0.3, 0.4) is 0 Å². The third-order valence-corrected chi connectivity index (χ3v) is 4.06. The van der Waals surface area contributed by atoms with Crippen molar-refractivity contribution < 1.29 is 14.7 Å². The van der Waals surface area contributed by atoms with Crippen LogP contribution in [0.4, 0.5) is 4.79 Å². The van der Waals surface area contributed by atoms with Crippen LogP contribution in [-0.4, -0.2) is 34.0 Å². The van der Waals surface area contributed by atoms with E-state index in [2.05, 4.69) is 5.32 Å². The van der Waals surface area contributed by atoms with Crippen LogP contribution in [0, 0.1) is 0 Å². The van der Waals surface area contributed by atoms with Gasteiger partial charge in [-0.2, -0.15) is 0 Å². The van der Waals surface area contributed by atoms with Gasteiger partial charge in [-0.05, 0) is 19.4 Å². The molecular weight excluding hydrogens is 292 g/mol. The smallest absolute Gasteiger partial charge is 0.325 e. The van der Waals surface area contributed by atoms with Gasteiger partial charge in [-0.1, -0.05) is 43.1 Å². The Bertz CT molecular complexity index is 564. The van der Waals surface area contributed by atoms with E-state index < -0.39 is 17.7 Å². The van der Waals surface area contributed by atoms with Crippen LogP contribution in [0.1, 0.15) is 38.4 Å². The average Bonchev–Trinajstić information content (AvgIpc) is 2.63. The number of halogens is 1. The fraction of sp³-hybridized carbons (Fsp3) is 0.467. The molecule has 2 N–H and O–H groups in total. The number of nitrogens with one attached hydrogen (secondary N) is 1. The van der Waals surface area contributed by atoms with Gasteiger partial charge in [0, 0.05) is 10.6 Å². The Labute approximate surface area is 128 Å². The maximum Gasteiger partial charge on any atom is 0.325 e. The molecular formula is C15H19ClN2O3. The molecule has 1 heterocycles. The Morgan fingerprint density at radius 1 is 1.38 bits per heavy atom. The molecule has 0 spiro atoms. The Hall–Kier alpha value is -1.59. The largest absolute Gasteiger partial charge is 0.386 e. The lowest BCUT2D eigenvalue weighted by molar-refractivity contribution is -0.132. The fourth-order valence-electron chi connectivity index (χ4n) is 2.60. The summed E-state index contributed by atoms with van der Waals surface area (Å²) in [6.45, 7) is 3.55. The van der Waals surface area contributed by atoms with Crippen LogP contribution >= 0.6 is 11.6 Å². The van der Waals surface area contributed by atoms with Crippen LogP contribution < -0.4 is 5.32 Å². The molecule has 1 aliphatic rings. The SMILES string of the molecule is CCC[C@]1(C)NC(=O)N(C[C@@H](O)c2ccccc2Cl)C1=O. The minimum atomic E-state index is -1.00. The zero-order valence-electron chi connectivity index (χ0n) is 12.1. The summed E-state index contributed by atoms with van der Waals surface area (Å²) in [6, 6.07) is 6.37. The zero-order valence-corrected chi connectivity index (χ0v) is 12.9. The predicted molar refractivity (Wildman–Crippen MR) is 80.0 cm³/mol. The predicted octanol–water partition coefficient (Wildman–Crippen LogP) is 2.48. The summed E-state index contributed by atoms with van der Waals surface area (Å²) in [5, 5.41) is 13.3. The second-order valence-corrected chi connectivity index (χ2v) is 5.87. The second kappa shape index (κ2) is 6.03. The molecule has 0 aromatic heterocycles. The number of aliphatic hydroxyl groups is 1. The average molecular weight is 311 g/mol. The first-order valence-electron chi connectivity index (χ1n) is 6.95. The number of amides is 3. The highest BCUT2D eigenvalue weighted by Gasteiger charge is 2.47. The Balaban J connectivity index is 2.15. The van der Waals surface area contributed by atoms with Gasteiger partial charge in [0.25, 0.3) is 5.91 Å². The molecule has 1 aromatic rings. The van der Waals surface area contributed by atoms with Crippen LogP contribution in [0.2, 0.25) is 5.02 Å². The van der Waals surface area contributed by atoms with Gasteiger partial charge in [0.05, 0.1) is 12.6 Å². The molecule has 3 amide bonds. The van der Waals surface area contributed by atoms with Crippen molar-refractivity contribution >= 4 is 23.5 Å². The van der Waals surface area contributed by atoms with Crippen molar-refractivity contribution in [2.75, 3.05) is 6.54 Å². The standard InChI is InChI=1S/C15H19ClN2O3/c1-3-8-15(2)13(20)18(14(21)17-15)9-12(19)10-6-4-5-7-11(10)16/h4-7,12,19H,3,8-9H2,1-2H3,(H,17,21)/t12-,15+/m1/s1. The quantitative estimate of drug-likeness (QED) is 0.821. The van der Waals surface area contributed by atoms with E-state index in [1.165, 1.54) is 0 Å². The van der Waals surface area contributed by atoms with Gasteiger partial charge in [-0.3, -0.25) is 9.69 Å². The highest BCUT2D eigenvalue weighted by Crippen LogP contribution is 2.27. The van der Waals surface area contributed by atoms with Gasteiger partial charge in [-0.15, -0.1) is 0 Å². The minimum Gasteiger partial charge on any atom is -0.386 e. The number of hydrogen-bond donors (Lipinski definition) is 2. The van der Waals surface area contributed by atoms with Crippen molar-refractivity contribution in [3.8, 4) is 0 Å². The van der Waals surface area contributed by atoms with Gasteiger partial charge in [0.2, 0.25) is 0 Å². The molecule has 21 heavy (non-hydrogen) atoms. The summed E-state index contributed by atoms with van der Waals surface area (Å²) in [4.78, 5) is 25.4. The zero-order chi connectivity index (χ0) is 15.6. The lowest BCUT2D eigenvalue weighted by atomic mass is 9.96. The maximum absolute atomic E-state index is 12.4. The number of rotatable bonds is 5. The Morgan fingerprint density at radius 2 is 2.05 bits per heavy atom. The number of nitrogens with zero attached hydrogens (tertiary/aromatic N) is 1. The second-order valence-electron chi connectivity index (χ2n) is 5.47. The molecule has 2 rings (SSSR count). The summed E-state index contributed by atoms with van der Waals surface area (Å²) in [5.74, 6) is -0.305. The summed E-state index contributed by atoms with van der Waals surface area (Å²) < 4.78 is 0. The van der Waals surface area contributed by atoms with E-state index in [4.69, 9.17) is 11.6 Å². The topological polar surface area (TPSA) is 69.6 Å². The highest BCUT2D eigenvalue weighted by atomic mass is 35.5. The summed E-state index contributed by atoms with van der Waals surface area (Å²) >= 11 is 6.02. The van der Waals surface area contributed by atoms with Crippen LogP contribution in [0.25, 0.3) is 0 Å². The molecule has 6 heteroatoms. The van der Waals surface area contributed by atoms with Crippen LogP contribution in [0.5, 0.6) is 0 Å². The maximum atomic E-state index is 12.4. The highest BCUT2D eigenvalue weighted by molar-refractivity contribution is 6.31. The monoisotopic (exact) mass is 310 g/mol. The number of aliphatic hydroxyl groups excluding tert-OH is 1. The van der Waals surface area contributed by atoms with E-state index in [0.717, 1.165) is 11.3 Å². The fourth-order valence-corrected chi connectivity index (χ4v) is 2.86. The van der Waals surface area contributed by atoms with Crippen molar-refractivity contribution in [2.45, 2.75) is 38.3 Å². The molecule has 0 radical (unpaired) electrons. The molecule has 0 aliphatic carbocycles. The molecule has 0 bridgehead atoms. The van der Waals surface area contributed by atoms with E-state index >= 15 is 0 Å². The van der Waals surface area contributed by atoms with E-state index in [1.807, 2.05) is 6.92 Å². The molecule has 114 valence electrons. The molecule has 5 nitrogen and oxygen atoms in total. The van der Waals surface area contributed by atoms with Crippen LogP contribution in [0.15, 0.2) is 24.3 Å². The molecule has 2 atom stereocenters. The Morgan fingerprint density at radius 3 is 2.67 bits per heavy atom. The summed E-state index contributed by atoms with van der Waals surface area (Å²) in [5.41, 5.74) is -0.379. The number of carbonyl (C=O) groups excluding carboxylic acids is 2. The van der Waals surface area contributed by atoms with E-state index in [1.54, 1.807) is 31.2 Å². The summed E-state index contributed by atoms with van der Waals surface area (Å²) in [6.07, 6.45) is 0.344. The molecule has 1 aromatic carbocycles. The number of urea groups is 1. The molecule has 1 fully saturated rings. The molecule has 1 saturated heterocycles.